The van der Waals surface area contributed by atoms with Crippen LogP contribution >= 0.6 is 0 Å². The molecular weight excluding hydrogens is 833 g/mol. The van der Waals surface area contributed by atoms with Crippen LogP contribution in [0.5, 0.6) is 0 Å². The molecule has 6 aliphatic rings. The van der Waals surface area contributed by atoms with Crippen molar-refractivity contribution in [3.05, 3.63) is 45.6 Å². The van der Waals surface area contributed by atoms with E-state index in [-0.39, 0.29) is 16.6 Å². The van der Waals surface area contributed by atoms with E-state index in [1.807, 2.05) is 0 Å². The van der Waals surface area contributed by atoms with Gasteiger partial charge in [0.25, 0.3) is 0 Å². The maximum Gasteiger partial charge on any atom is 0.183 e. The smallest absolute Gasteiger partial charge is 0.183 e. The summed E-state index contributed by atoms with van der Waals surface area (Å²) >= 11 is 0. The topological polar surface area (TPSA) is 17.1 Å². The van der Waals surface area contributed by atoms with Crippen molar-refractivity contribution >= 4 is 297 Å². The van der Waals surface area contributed by atoms with Crippen molar-refractivity contribution < 1.29 is 4.79 Å². The van der Waals surface area contributed by atoms with Crippen LogP contribution in [0.2, 0.25) is 0 Å². The molecule has 0 radical (unpaired) electrons. The summed E-state index contributed by atoms with van der Waals surface area (Å²) in [6.45, 7) is 4.38. The van der Waals surface area contributed by atoms with Crippen molar-refractivity contribution in [3.63, 3.8) is 0 Å². The SMILES string of the molecule is CC1=CC2(C=C(C)C1=O)C13c4c5c6c7c8c9c(c%10c%11c1c1c4c4c%12c5c5c6c6c8c8c%13c9c9c%10c%10c%11c%11c1c1c4c4c%12c%12c5c5c6c8c6c8c%13c9c9c%10c%10c%11c1c1c4c4c%12c5c6c5c8c9c%10c1c45)C723. The number of allylic oxidation sites excluding steroid dienone is 4. The van der Waals surface area contributed by atoms with Crippen LogP contribution in [0, 0.1) is 5.41 Å². The Labute approximate surface area is 375 Å². The molecule has 3 spiro atoms. The Kier molecular flexibility index (Phi) is 1.97. The normalized spacial score (nSPS) is 21.4. The van der Waals surface area contributed by atoms with E-state index in [1.54, 1.807) is 313 Å². The van der Waals surface area contributed by atoms with Crippen LogP contribution in [0.3, 0.4) is 0 Å². The molecule has 1 fully saturated rings. The molecule has 0 N–H and O–H groups in total. The van der Waals surface area contributed by atoms with E-state index in [4.69, 9.17) is 0 Å². The zero-order chi connectivity index (χ0) is 41.1. The lowest BCUT2D eigenvalue weighted by Crippen LogP contribution is -2.27. The molecular formula is C68H8O. The highest BCUT2D eigenvalue weighted by Crippen LogP contribution is 2.97. The first kappa shape index (κ1) is 25.1. The van der Waals surface area contributed by atoms with Crippen molar-refractivity contribution in [2.45, 2.75) is 24.7 Å². The van der Waals surface area contributed by atoms with Crippen LogP contribution in [0.4, 0.5) is 0 Å². The third-order valence-electron chi connectivity index (χ3n) is 26.1. The Hall–Kier alpha value is -8.39. The van der Waals surface area contributed by atoms with Crippen molar-refractivity contribution in [1.29, 1.82) is 0 Å². The van der Waals surface area contributed by atoms with Crippen LogP contribution in [0.25, 0.3) is 291 Å². The molecule has 34 rings (SSSR count). The minimum Gasteiger partial charge on any atom is -0.289 e. The molecule has 1 saturated carbocycles. The first-order valence-electron chi connectivity index (χ1n) is 25.9. The van der Waals surface area contributed by atoms with Crippen LogP contribution < -0.4 is 0 Å². The summed E-state index contributed by atoms with van der Waals surface area (Å²) in [6, 6.07) is 0. The van der Waals surface area contributed by atoms with E-state index in [1.165, 1.54) is 0 Å². The third kappa shape index (κ3) is 1.25. The van der Waals surface area contributed by atoms with Gasteiger partial charge in [0.1, 0.15) is 0 Å². The summed E-state index contributed by atoms with van der Waals surface area (Å²) in [6.07, 6.45) is 5.26. The quantitative estimate of drug-likeness (QED) is 0.139. The number of carbonyl (C=O) groups excluding carboxylic acids is 1. The lowest BCUT2D eigenvalue weighted by atomic mass is 9.68. The Balaban J connectivity index is 1.21. The first-order chi connectivity index (χ1) is 34.2. The summed E-state index contributed by atoms with van der Waals surface area (Å²) in [4.78, 5) is 14.5. The van der Waals surface area contributed by atoms with Gasteiger partial charge in [-0.2, -0.15) is 0 Å². The average molecular weight is 841 g/mol. The van der Waals surface area contributed by atoms with Crippen molar-refractivity contribution in [2.75, 3.05) is 0 Å². The second kappa shape index (κ2) is 5.41. The molecule has 0 atom stereocenters. The molecule has 28 aromatic carbocycles. The summed E-state index contributed by atoms with van der Waals surface area (Å²) in [7, 11) is 0. The van der Waals surface area contributed by atoms with Gasteiger partial charge in [0.2, 0.25) is 0 Å². The molecule has 28 aromatic rings. The van der Waals surface area contributed by atoms with Crippen molar-refractivity contribution in [1.82, 2.24) is 0 Å². The lowest BCUT2D eigenvalue weighted by molar-refractivity contribution is -0.112. The number of ketones is 1. The van der Waals surface area contributed by atoms with Crippen LogP contribution in [-0.2, 0) is 15.6 Å². The number of Topliss-reactive ketones (excluding diaryl/α,β-unsaturated/α-hetero) is 1. The highest BCUT2D eigenvalue weighted by Gasteiger charge is 2.93. The predicted octanol–water partition coefficient (Wildman–Crippen LogP) is 17.8. The zero-order valence-corrected chi connectivity index (χ0v) is 35.6. The Bertz CT molecular complexity index is 6810. The Morgan fingerprint density at radius 3 is 0.449 bits per heavy atom. The molecule has 0 saturated heterocycles. The molecule has 0 aromatic heterocycles. The molecule has 6 aliphatic carbocycles. The monoisotopic (exact) mass is 840 g/mol. The van der Waals surface area contributed by atoms with E-state index in [0.717, 1.165) is 11.1 Å². The molecule has 69 heavy (non-hydrogen) atoms. The number of hydrogen-bond acceptors (Lipinski definition) is 1. The highest BCUT2D eigenvalue weighted by molar-refractivity contribution is 6.82. The van der Waals surface area contributed by atoms with Gasteiger partial charge in [-0.15, -0.1) is 0 Å². The second-order valence-electron chi connectivity index (χ2n) is 26.1. The maximum atomic E-state index is 14.5. The average Bonchev–Trinajstić information content (AvgIpc) is 4.29. The lowest BCUT2D eigenvalue weighted by Gasteiger charge is -2.32. The Morgan fingerprint density at radius 2 is 0.319 bits per heavy atom. The van der Waals surface area contributed by atoms with Gasteiger partial charge in [0.05, 0.1) is 10.8 Å². The fraction of sp³-hybridized carbons (Fsp3) is 0.0735. The minimum absolute atomic E-state index is 0.245. The Morgan fingerprint density at radius 1 is 0.203 bits per heavy atom. The zero-order valence-electron chi connectivity index (χ0n) is 35.6. The number of benzene rings is 18. The van der Waals surface area contributed by atoms with Gasteiger partial charge in [-0.25, -0.2) is 0 Å². The highest BCUT2D eigenvalue weighted by atomic mass is 16.1. The van der Waals surface area contributed by atoms with Gasteiger partial charge in [-0.3, -0.25) is 4.79 Å². The second-order valence-corrected chi connectivity index (χ2v) is 26.1. The van der Waals surface area contributed by atoms with Crippen molar-refractivity contribution in [3.8, 4) is 0 Å². The van der Waals surface area contributed by atoms with Crippen LogP contribution in [-0.4, -0.2) is 5.78 Å². The summed E-state index contributed by atoms with van der Waals surface area (Å²) in [5.41, 5.74) is 7.63. The van der Waals surface area contributed by atoms with Crippen LogP contribution in [0.15, 0.2) is 23.3 Å². The molecule has 286 valence electrons. The summed E-state index contributed by atoms with van der Waals surface area (Å²) < 4.78 is 0. The molecule has 0 unspecified atom stereocenters. The van der Waals surface area contributed by atoms with Gasteiger partial charge >= 0.3 is 0 Å². The van der Waals surface area contributed by atoms with Gasteiger partial charge < -0.3 is 0 Å². The maximum absolute atomic E-state index is 14.5. The van der Waals surface area contributed by atoms with E-state index in [9.17, 15) is 4.79 Å². The number of rotatable bonds is 0. The molecule has 0 aliphatic heterocycles. The molecule has 0 amide bonds. The van der Waals surface area contributed by atoms with E-state index < -0.39 is 5.41 Å². The largest absolute Gasteiger partial charge is 0.289 e. The summed E-state index contributed by atoms with van der Waals surface area (Å²) in [5, 5.41) is 88.4. The number of hydrogen-bond donors (Lipinski definition) is 0. The van der Waals surface area contributed by atoms with Crippen molar-refractivity contribution in [2.24, 2.45) is 5.41 Å². The first-order valence-corrected chi connectivity index (χ1v) is 25.9. The molecule has 0 heterocycles. The molecule has 1 nitrogen and oxygen atoms in total. The van der Waals surface area contributed by atoms with E-state index >= 15 is 0 Å². The van der Waals surface area contributed by atoms with Gasteiger partial charge in [0, 0.05) is 5.41 Å². The predicted molar refractivity (Wildman–Crippen MR) is 289 cm³/mol. The van der Waals surface area contributed by atoms with Gasteiger partial charge in [-0.1, -0.05) is 12.2 Å². The van der Waals surface area contributed by atoms with Crippen LogP contribution in [0.1, 0.15) is 36.1 Å². The van der Waals surface area contributed by atoms with E-state index in [0.29, 0.717) is 0 Å². The minimum atomic E-state index is -0.397. The fourth-order valence-corrected chi connectivity index (χ4v) is 26.3. The fourth-order valence-electron chi connectivity index (χ4n) is 26.3. The van der Waals surface area contributed by atoms with E-state index in [2.05, 4.69) is 26.0 Å². The molecule has 0 bridgehead atoms. The number of carbonyl (C=O) groups is 1. The summed E-state index contributed by atoms with van der Waals surface area (Å²) in [5.74, 6) is 0.245. The standard InChI is InChI=1S/C68H8O/c1-5-3-66(4-6(2)65(5)69)67-61-53-45-35-25-17-9-7-8-11-15-13(9)21-29-23(15)33-27-19(11)20-12(8)16-14-10(7)18(17)26-32-22(14)30-24(16)34-28(20)38-37(27)47-41(33)51-43(29)49(39(45)31(21)25)57(61)59(51)63-55(47)56-48(38)42(34)52-44(30)50-40(32)46(36(26)35)54(53)62(67)58(50)60(52)64(56)68(63,66)67/h3-4H,1-2H3. The third-order valence-corrected chi connectivity index (χ3v) is 26.1. The van der Waals surface area contributed by atoms with Gasteiger partial charge in [0.15, 0.2) is 5.78 Å². The van der Waals surface area contributed by atoms with Gasteiger partial charge in [-0.05, 0) is 338 Å². The molecule has 1 heteroatoms.